The van der Waals surface area contributed by atoms with Crippen LogP contribution in [0.3, 0.4) is 0 Å². The normalized spacial score (nSPS) is 11.0. The highest BCUT2D eigenvalue weighted by molar-refractivity contribution is 7.80. The van der Waals surface area contributed by atoms with Crippen molar-refractivity contribution >= 4 is 23.1 Å². The van der Waals surface area contributed by atoms with Crippen molar-refractivity contribution in [3.63, 3.8) is 0 Å². The predicted molar refractivity (Wildman–Crippen MR) is 75.9 cm³/mol. The van der Waals surface area contributed by atoms with E-state index in [4.69, 9.17) is 18.0 Å². The Bertz CT molecular complexity index is 416. The van der Waals surface area contributed by atoms with Crippen molar-refractivity contribution in [1.82, 2.24) is 10.3 Å². The number of rotatable bonds is 6. The van der Waals surface area contributed by atoms with Gasteiger partial charge in [0.05, 0.1) is 22.6 Å². The lowest BCUT2D eigenvalue weighted by molar-refractivity contribution is -0.128. The second-order valence-electron chi connectivity index (χ2n) is 4.16. The molecule has 0 aliphatic carbocycles. The Morgan fingerprint density at radius 2 is 2.11 bits per heavy atom. The lowest BCUT2D eigenvalue weighted by atomic mass is 9.81. The largest absolute Gasteiger partial charge is 0.392 e. The molecule has 1 heterocycles. The summed E-state index contributed by atoms with van der Waals surface area (Å²) >= 11 is 5.04. The molecule has 0 unspecified atom stereocenters. The number of aromatic nitrogens is 1. The minimum absolute atomic E-state index is 0.120. The van der Waals surface area contributed by atoms with E-state index >= 15 is 0 Å². The summed E-state index contributed by atoms with van der Waals surface area (Å²) in [4.78, 5) is 16.6. The van der Waals surface area contributed by atoms with Crippen LogP contribution in [0.5, 0.6) is 0 Å². The minimum Gasteiger partial charge on any atom is -0.392 e. The van der Waals surface area contributed by atoms with Crippen LogP contribution in [0.25, 0.3) is 0 Å². The number of carbonyl (C=O) groups excluding carboxylic acids is 1. The molecule has 1 aromatic heterocycles. The molecule has 0 aliphatic rings. The maximum absolute atomic E-state index is 12.2. The summed E-state index contributed by atoms with van der Waals surface area (Å²) in [6, 6.07) is 5.58. The second-order valence-corrected chi connectivity index (χ2v) is 4.60. The summed E-state index contributed by atoms with van der Waals surface area (Å²) in [7, 11) is 0. The molecule has 0 bridgehead atoms. The van der Waals surface area contributed by atoms with Crippen LogP contribution in [0, 0.1) is 5.41 Å². The van der Waals surface area contributed by atoms with Crippen molar-refractivity contribution < 1.29 is 4.79 Å². The molecule has 1 amide bonds. The van der Waals surface area contributed by atoms with Gasteiger partial charge in [0, 0.05) is 6.20 Å². The predicted octanol–water partition coefficient (Wildman–Crippen LogP) is 1.79. The van der Waals surface area contributed by atoms with Gasteiger partial charge in [-0.1, -0.05) is 32.1 Å². The second kappa shape index (κ2) is 6.44. The van der Waals surface area contributed by atoms with Gasteiger partial charge in [-0.25, -0.2) is 0 Å². The number of hydrogen-bond donors (Lipinski definition) is 2. The van der Waals surface area contributed by atoms with E-state index in [1.54, 1.807) is 6.20 Å². The van der Waals surface area contributed by atoms with Crippen molar-refractivity contribution in [2.75, 3.05) is 0 Å². The fraction of sp³-hybridized carbons (Fsp3) is 0.462. The molecule has 98 valence electrons. The number of nitrogens with zero attached hydrogens (tertiary/aromatic N) is 1. The van der Waals surface area contributed by atoms with Gasteiger partial charge in [-0.2, -0.15) is 0 Å². The third kappa shape index (κ3) is 3.04. The Hall–Kier alpha value is -1.49. The molecule has 5 heteroatoms. The number of amides is 1. The topological polar surface area (TPSA) is 68.0 Å². The molecule has 1 rings (SSSR count). The van der Waals surface area contributed by atoms with E-state index in [1.807, 2.05) is 32.0 Å². The highest BCUT2D eigenvalue weighted by Gasteiger charge is 2.37. The first-order valence-corrected chi connectivity index (χ1v) is 6.45. The lowest BCUT2D eigenvalue weighted by Gasteiger charge is -2.28. The van der Waals surface area contributed by atoms with E-state index in [-0.39, 0.29) is 10.9 Å². The van der Waals surface area contributed by atoms with Crippen LogP contribution in [-0.2, 0) is 11.3 Å². The average molecular weight is 265 g/mol. The molecule has 0 saturated heterocycles. The quantitative estimate of drug-likeness (QED) is 0.770. The molecule has 0 aliphatic heterocycles. The molecule has 18 heavy (non-hydrogen) atoms. The minimum atomic E-state index is -0.746. The Balaban J connectivity index is 2.72. The van der Waals surface area contributed by atoms with Gasteiger partial charge in [-0.15, -0.1) is 0 Å². The smallest absolute Gasteiger partial charge is 0.233 e. The van der Waals surface area contributed by atoms with Gasteiger partial charge in [0.15, 0.2) is 0 Å². The van der Waals surface area contributed by atoms with Crippen molar-refractivity contribution in [2.24, 2.45) is 11.1 Å². The first-order chi connectivity index (χ1) is 8.56. The van der Waals surface area contributed by atoms with Crippen molar-refractivity contribution in [3.8, 4) is 0 Å². The Morgan fingerprint density at radius 1 is 1.44 bits per heavy atom. The number of nitrogens with one attached hydrogen (secondary N) is 1. The Labute approximate surface area is 113 Å². The molecule has 0 fully saturated rings. The Kier molecular flexibility index (Phi) is 5.22. The third-order valence-corrected chi connectivity index (χ3v) is 3.66. The molecule has 0 saturated carbocycles. The zero-order valence-corrected chi connectivity index (χ0v) is 11.6. The highest BCUT2D eigenvalue weighted by Crippen LogP contribution is 2.27. The van der Waals surface area contributed by atoms with Gasteiger partial charge in [-0.3, -0.25) is 9.78 Å². The summed E-state index contributed by atoms with van der Waals surface area (Å²) in [6.45, 7) is 4.23. The van der Waals surface area contributed by atoms with Crippen LogP contribution in [0.15, 0.2) is 24.4 Å². The highest BCUT2D eigenvalue weighted by atomic mass is 32.1. The summed E-state index contributed by atoms with van der Waals surface area (Å²) in [5.74, 6) is -0.120. The number of pyridine rings is 1. The van der Waals surface area contributed by atoms with Gasteiger partial charge in [-0.05, 0) is 25.0 Å². The summed E-state index contributed by atoms with van der Waals surface area (Å²) in [6.07, 6.45) is 2.90. The number of hydrogen-bond acceptors (Lipinski definition) is 3. The third-order valence-electron chi connectivity index (χ3n) is 3.27. The van der Waals surface area contributed by atoms with E-state index in [9.17, 15) is 4.79 Å². The van der Waals surface area contributed by atoms with Crippen molar-refractivity contribution in [3.05, 3.63) is 30.1 Å². The molecule has 3 N–H and O–H groups in total. The molecular weight excluding hydrogens is 246 g/mol. The monoisotopic (exact) mass is 265 g/mol. The first-order valence-electron chi connectivity index (χ1n) is 6.05. The van der Waals surface area contributed by atoms with Crippen LogP contribution < -0.4 is 11.1 Å². The standard InChI is InChI=1S/C13H19N3OS/c1-3-13(4-2,11(14)18)12(17)16-9-10-7-5-6-8-15-10/h5-8H,3-4,9H2,1-2H3,(H2,14,18)(H,16,17). The van der Waals surface area contributed by atoms with Gasteiger partial charge < -0.3 is 11.1 Å². The Morgan fingerprint density at radius 3 is 2.56 bits per heavy atom. The van der Waals surface area contributed by atoms with Gasteiger partial charge in [0.2, 0.25) is 5.91 Å². The molecule has 4 nitrogen and oxygen atoms in total. The van der Waals surface area contributed by atoms with Crippen molar-refractivity contribution in [2.45, 2.75) is 33.2 Å². The molecule has 0 spiro atoms. The molecular formula is C13H19N3OS. The van der Waals surface area contributed by atoms with Gasteiger partial charge >= 0.3 is 0 Å². The van der Waals surface area contributed by atoms with Crippen LogP contribution in [-0.4, -0.2) is 15.9 Å². The summed E-state index contributed by atoms with van der Waals surface area (Å²) in [5.41, 5.74) is 5.79. The van der Waals surface area contributed by atoms with Gasteiger partial charge in [0.25, 0.3) is 0 Å². The summed E-state index contributed by atoms with van der Waals surface area (Å²) < 4.78 is 0. The lowest BCUT2D eigenvalue weighted by Crippen LogP contribution is -2.48. The van der Waals surface area contributed by atoms with E-state index in [2.05, 4.69) is 10.3 Å². The number of nitrogens with two attached hydrogens (primary N) is 1. The van der Waals surface area contributed by atoms with E-state index in [0.717, 1.165) is 5.69 Å². The number of thiocarbonyl (C=S) groups is 1. The number of carbonyl (C=O) groups is 1. The maximum atomic E-state index is 12.2. The fourth-order valence-corrected chi connectivity index (χ4v) is 2.26. The maximum Gasteiger partial charge on any atom is 0.233 e. The average Bonchev–Trinajstić information content (AvgIpc) is 2.39. The van der Waals surface area contributed by atoms with Crippen LogP contribution in [0.1, 0.15) is 32.4 Å². The van der Waals surface area contributed by atoms with E-state index in [1.165, 1.54) is 0 Å². The molecule has 0 radical (unpaired) electrons. The van der Waals surface area contributed by atoms with Crippen molar-refractivity contribution in [1.29, 1.82) is 0 Å². The van der Waals surface area contributed by atoms with Crippen LogP contribution in [0.2, 0.25) is 0 Å². The fourth-order valence-electron chi connectivity index (χ4n) is 1.87. The first kappa shape index (κ1) is 14.6. The summed E-state index contributed by atoms with van der Waals surface area (Å²) in [5, 5.41) is 2.85. The van der Waals surface area contributed by atoms with Gasteiger partial charge in [0.1, 0.15) is 0 Å². The molecule has 0 aromatic carbocycles. The zero-order chi connectivity index (χ0) is 13.6. The molecule has 0 atom stereocenters. The van der Waals surface area contributed by atoms with E-state index in [0.29, 0.717) is 19.4 Å². The molecule has 1 aromatic rings. The SMILES string of the molecule is CCC(CC)(C(=O)NCc1ccccn1)C(N)=S. The van der Waals surface area contributed by atoms with Crippen LogP contribution in [0.4, 0.5) is 0 Å². The zero-order valence-electron chi connectivity index (χ0n) is 10.8. The van der Waals surface area contributed by atoms with Crippen LogP contribution >= 0.6 is 12.2 Å². The van der Waals surface area contributed by atoms with E-state index < -0.39 is 5.41 Å².